The molecule has 618 valence electrons. The van der Waals surface area contributed by atoms with Gasteiger partial charge in [0.15, 0.2) is 12.2 Å². The quantitative estimate of drug-likeness (QED) is 0.0222. The fourth-order valence-corrected chi connectivity index (χ4v) is 14.9. The number of phosphoric ester groups is 2. The Hall–Kier alpha value is -1.94. The van der Waals surface area contributed by atoms with Crippen molar-refractivity contribution in [1.29, 1.82) is 0 Å². The first-order valence-electron chi connectivity index (χ1n) is 44.3. The zero-order valence-electron chi connectivity index (χ0n) is 68.0. The number of rotatable bonds is 86. The number of aliphatic hydroxyl groups is 1. The molecule has 3 N–H and O–H groups in total. The van der Waals surface area contributed by atoms with Crippen molar-refractivity contribution in [3.8, 4) is 0 Å². The van der Waals surface area contributed by atoms with E-state index in [9.17, 15) is 43.2 Å². The van der Waals surface area contributed by atoms with E-state index >= 15 is 0 Å². The summed E-state index contributed by atoms with van der Waals surface area (Å²) in [6.07, 6.45) is 73.7. The second-order valence-electron chi connectivity index (χ2n) is 30.6. The lowest BCUT2D eigenvalue weighted by atomic mass is 10.0. The summed E-state index contributed by atoms with van der Waals surface area (Å²) in [5.41, 5.74) is 0. The molecule has 0 aromatic rings. The number of hydrogen-bond acceptors (Lipinski definition) is 15. The van der Waals surface area contributed by atoms with Crippen LogP contribution in [0.25, 0.3) is 0 Å². The number of carbonyl (C=O) groups excluding carboxylic acids is 4. The highest BCUT2D eigenvalue weighted by atomic mass is 31.2. The Kier molecular flexibility index (Phi) is 77.7. The fraction of sp³-hybridized carbons (Fsp3) is 0.953. The largest absolute Gasteiger partial charge is 0.472 e. The van der Waals surface area contributed by atoms with Crippen molar-refractivity contribution in [3.05, 3.63) is 0 Å². The van der Waals surface area contributed by atoms with E-state index in [1.165, 1.54) is 295 Å². The molecule has 0 spiro atoms. The normalized spacial score (nSPS) is 13.7. The van der Waals surface area contributed by atoms with Crippen molar-refractivity contribution in [2.45, 2.75) is 483 Å². The van der Waals surface area contributed by atoms with Gasteiger partial charge in [0.05, 0.1) is 26.4 Å². The minimum absolute atomic E-state index is 0.109. The number of unbranched alkanes of at least 4 members (excludes halogenated alkanes) is 60. The minimum atomic E-state index is -4.96. The van der Waals surface area contributed by atoms with Crippen molar-refractivity contribution < 1.29 is 80.2 Å². The van der Waals surface area contributed by atoms with Gasteiger partial charge < -0.3 is 33.8 Å². The maximum atomic E-state index is 13.1. The van der Waals surface area contributed by atoms with Crippen LogP contribution in [0, 0.1) is 0 Å². The highest BCUT2D eigenvalue weighted by molar-refractivity contribution is 7.47. The molecular formula is C85H166O17P2. The highest BCUT2D eigenvalue weighted by Crippen LogP contribution is 2.45. The number of phosphoric acid groups is 2. The summed E-state index contributed by atoms with van der Waals surface area (Å²) < 4.78 is 68.8. The molecule has 5 atom stereocenters. The first-order chi connectivity index (χ1) is 50.7. The van der Waals surface area contributed by atoms with Crippen LogP contribution in [0.1, 0.15) is 464 Å². The molecule has 0 heterocycles. The van der Waals surface area contributed by atoms with Gasteiger partial charge in [0.1, 0.15) is 19.3 Å². The van der Waals surface area contributed by atoms with Gasteiger partial charge in [-0.25, -0.2) is 9.13 Å². The van der Waals surface area contributed by atoms with Gasteiger partial charge in [0.25, 0.3) is 0 Å². The Morgan fingerprint density at radius 2 is 0.385 bits per heavy atom. The molecule has 0 saturated heterocycles. The Bertz CT molecular complexity index is 1960. The van der Waals surface area contributed by atoms with Gasteiger partial charge in [0, 0.05) is 25.7 Å². The third kappa shape index (κ3) is 78.2. The molecule has 0 radical (unpaired) electrons. The molecule has 17 nitrogen and oxygen atoms in total. The van der Waals surface area contributed by atoms with Gasteiger partial charge in [-0.3, -0.25) is 37.3 Å². The Morgan fingerprint density at radius 1 is 0.231 bits per heavy atom. The molecule has 0 rings (SSSR count). The van der Waals surface area contributed by atoms with Gasteiger partial charge in [-0.1, -0.05) is 413 Å². The molecule has 0 aliphatic carbocycles. The molecular weight excluding hydrogens is 1350 g/mol. The van der Waals surface area contributed by atoms with Gasteiger partial charge >= 0.3 is 39.5 Å². The number of esters is 4. The molecule has 0 saturated carbocycles. The maximum Gasteiger partial charge on any atom is 0.472 e. The van der Waals surface area contributed by atoms with E-state index in [2.05, 4.69) is 27.7 Å². The predicted octanol–water partition coefficient (Wildman–Crippen LogP) is 26.1. The van der Waals surface area contributed by atoms with E-state index in [1.54, 1.807) is 0 Å². The van der Waals surface area contributed by atoms with Gasteiger partial charge in [-0.05, 0) is 25.7 Å². The van der Waals surface area contributed by atoms with Crippen LogP contribution in [-0.4, -0.2) is 96.7 Å². The summed E-state index contributed by atoms with van der Waals surface area (Å²) in [6, 6.07) is 0. The molecule has 19 heteroatoms. The third-order valence-electron chi connectivity index (χ3n) is 20.1. The SMILES string of the molecule is CCCCCCCCCCCCCCCCCCCCCCC(=O)OC[C@H](COP(=O)(O)OC[C@@H](O)COP(=O)(O)OC[C@@H](COC(=O)CCCCCCCCCCC)OC(=O)CCCCCCCCCCCCCCCCC)OC(=O)CCCCCCCCCCCCCCCCCCCCCC. The molecule has 0 aromatic heterocycles. The Balaban J connectivity index is 5.20. The van der Waals surface area contributed by atoms with Crippen molar-refractivity contribution in [3.63, 3.8) is 0 Å². The highest BCUT2D eigenvalue weighted by Gasteiger charge is 2.30. The fourth-order valence-electron chi connectivity index (χ4n) is 13.3. The zero-order chi connectivity index (χ0) is 76.0. The van der Waals surface area contributed by atoms with Gasteiger partial charge in [0.2, 0.25) is 0 Å². The maximum absolute atomic E-state index is 13.1. The van der Waals surface area contributed by atoms with E-state index in [4.69, 9.17) is 37.0 Å². The van der Waals surface area contributed by atoms with E-state index in [1.807, 2.05) is 0 Å². The lowest BCUT2D eigenvalue weighted by Gasteiger charge is -2.21. The number of hydrogen-bond donors (Lipinski definition) is 3. The minimum Gasteiger partial charge on any atom is -0.462 e. The number of ether oxygens (including phenoxy) is 4. The van der Waals surface area contributed by atoms with Gasteiger partial charge in [-0.15, -0.1) is 0 Å². The average molecular weight is 1520 g/mol. The number of carbonyl (C=O) groups is 4. The third-order valence-corrected chi connectivity index (χ3v) is 22.0. The van der Waals surface area contributed by atoms with Crippen LogP contribution in [0.3, 0.4) is 0 Å². The lowest BCUT2D eigenvalue weighted by molar-refractivity contribution is -0.161. The lowest BCUT2D eigenvalue weighted by Crippen LogP contribution is -2.30. The Labute approximate surface area is 638 Å². The topological polar surface area (TPSA) is 237 Å². The second-order valence-corrected chi connectivity index (χ2v) is 33.5. The first-order valence-corrected chi connectivity index (χ1v) is 47.3. The summed E-state index contributed by atoms with van der Waals surface area (Å²) in [6.45, 7) is 5.04. The number of aliphatic hydroxyl groups excluding tert-OH is 1. The molecule has 0 aliphatic heterocycles. The summed E-state index contributed by atoms with van der Waals surface area (Å²) >= 11 is 0. The first kappa shape index (κ1) is 102. The predicted molar refractivity (Wildman–Crippen MR) is 428 cm³/mol. The standard InChI is InChI=1S/C85H166O17P2/c1-5-9-13-17-21-25-28-31-34-36-38-40-42-45-47-50-54-58-62-66-70-83(88)96-76-81(102-85(90)72-68-64-60-56-52-49-46-43-41-39-37-35-32-29-26-22-18-14-10-6-2)78-100-104(93,94)98-74-79(86)73-97-103(91,92)99-77-80(75-95-82(87)69-65-61-57-53-24-20-16-12-8-4)101-84(89)71-67-63-59-55-51-48-44-33-30-27-23-19-15-11-7-3/h79-81,86H,5-78H2,1-4H3,(H,91,92)(H,93,94)/t79-,80+,81+/m0/s1. The van der Waals surface area contributed by atoms with Crippen LogP contribution in [-0.2, 0) is 65.4 Å². The summed E-state index contributed by atoms with van der Waals surface area (Å²) in [5.74, 6) is -2.10. The molecule has 2 unspecified atom stereocenters. The van der Waals surface area contributed by atoms with Crippen LogP contribution < -0.4 is 0 Å². The molecule has 0 fully saturated rings. The molecule has 104 heavy (non-hydrogen) atoms. The molecule has 0 aliphatic rings. The van der Waals surface area contributed by atoms with E-state index in [0.29, 0.717) is 25.7 Å². The van der Waals surface area contributed by atoms with Gasteiger partial charge in [-0.2, -0.15) is 0 Å². The van der Waals surface area contributed by atoms with Crippen LogP contribution in [0.4, 0.5) is 0 Å². The zero-order valence-corrected chi connectivity index (χ0v) is 69.8. The summed E-state index contributed by atoms with van der Waals surface area (Å²) in [7, 11) is -9.92. The summed E-state index contributed by atoms with van der Waals surface area (Å²) in [4.78, 5) is 73.1. The summed E-state index contributed by atoms with van der Waals surface area (Å²) in [5, 5.41) is 10.7. The van der Waals surface area contributed by atoms with Crippen molar-refractivity contribution >= 4 is 39.5 Å². The van der Waals surface area contributed by atoms with Crippen LogP contribution >= 0.6 is 15.6 Å². The van der Waals surface area contributed by atoms with E-state index < -0.39 is 97.5 Å². The van der Waals surface area contributed by atoms with E-state index in [0.717, 1.165) is 89.9 Å². The van der Waals surface area contributed by atoms with Crippen LogP contribution in [0.15, 0.2) is 0 Å². The average Bonchev–Trinajstić information content (AvgIpc) is 0.911. The molecule has 0 aromatic carbocycles. The smallest absolute Gasteiger partial charge is 0.462 e. The van der Waals surface area contributed by atoms with Crippen LogP contribution in [0.2, 0.25) is 0 Å². The van der Waals surface area contributed by atoms with Crippen molar-refractivity contribution in [2.24, 2.45) is 0 Å². The second kappa shape index (κ2) is 79.2. The van der Waals surface area contributed by atoms with E-state index in [-0.39, 0.29) is 25.7 Å². The Morgan fingerprint density at radius 3 is 0.567 bits per heavy atom. The van der Waals surface area contributed by atoms with Crippen molar-refractivity contribution in [1.82, 2.24) is 0 Å². The van der Waals surface area contributed by atoms with Crippen LogP contribution in [0.5, 0.6) is 0 Å². The molecule has 0 amide bonds. The monoisotopic (exact) mass is 1520 g/mol. The van der Waals surface area contributed by atoms with Crippen molar-refractivity contribution in [2.75, 3.05) is 39.6 Å². The molecule has 0 bridgehead atoms.